The second-order valence-corrected chi connectivity index (χ2v) is 10.6. The van der Waals surface area contributed by atoms with Crippen LogP contribution in [-0.2, 0) is 16.1 Å². The molecule has 3 aliphatic rings. The Labute approximate surface area is 190 Å². The van der Waals surface area contributed by atoms with Crippen LogP contribution < -0.4 is 11.1 Å². The number of likely N-dealkylation sites (tertiary alicyclic amines) is 1. The number of carbonyl (C=O) groups is 2. The second kappa shape index (κ2) is 10.9. The first-order valence-corrected chi connectivity index (χ1v) is 13.1. The van der Waals surface area contributed by atoms with Gasteiger partial charge in [0.15, 0.2) is 0 Å². The fourth-order valence-electron chi connectivity index (χ4n) is 5.32. The normalized spacial score (nSPS) is 25.0. The highest BCUT2D eigenvalue weighted by atomic mass is 32.1. The third-order valence-electron chi connectivity index (χ3n) is 7.20. The summed E-state index contributed by atoms with van der Waals surface area (Å²) in [5, 5.41) is 5.11. The Kier molecular flexibility index (Phi) is 8.02. The first-order chi connectivity index (χ1) is 15.2. The van der Waals surface area contributed by atoms with Crippen molar-refractivity contribution in [3.63, 3.8) is 0 Å². The number of piperidine rings is 1. The molecule has 2 saturated carbocycles. The van der Waals surface area contributed by atoms with Crippen molar-refractivity contribution in [2.75, 3.05) is 26.2 Å². The van der Waals surface area contributed by atoms with Gasteiger partial charge in [-0.1, -0.05) is 25.3 Å². The molecule has 0 radical (unpaired) electrons. The second-order valence-electron chi connectivity index (χ2n) is 9.59. The standard InChI is InChI=1S/C24H38N4O2S/c25-11-12-26-23(29)22-15-20(10-13-28(22)24(30)19-8-9-19)27(17-21-7-4-14-31-21)16-18-5-2-1-3-6-18/h4,7,14,18-20,22H,1-3,5-6,8-13,15-17,25H2,(H,26,29)/t20?,22-/m1/s1. The maximum Gasteiger partial charge on any atom is 0.242 e. The summed E-state index contributed by atoms with van der Waals surface area (Å²) < 4.78 is 0. The van der Waals surface area contributed by atoms with E-state index in [0.29, 0.717) is 25.7 Å². The molecule has 172 valence electrons. The Bertz CT molecular complexity index is 715. The third kappa shape index (κ3) is 6.08. The van der Waals surface area contributed by atoms with E-state index in [0.717, 1.165) is 44.7 Å². The van der Waals surface area contributed by atoms with Crippen molar-refractivity contribution in [1.82, 2.24) is 15.1 Å². The van der Waals surface area contributed by atoms with Gasteiger partial charge in [-0.2, -0.15) is 0 Å². The summed E-state index contributed by atoms with van der Waals surface area (Å²) in [6.07, 6.45) is 10.3. The van der Waals surface area contributed by atoms with Crippen molar-refractivity contribution >= 4 is 23.2 Å². The van der Waals surface area contributed by atoms with E-state index >= 15 is 0 Å². The molecule has 3 fully saturated rings. The predicted octanol–water partition coefficient (Wildman–Crippen LogP) is 2.97. The van der Waals surface area contributed by atoms with Crippen LogP contribution in [0.15, 0.2) is 17.5 Å². The lowest BCUT2D eigenvalue weighted by Crippen LogP contribution is -2.58. The van der Waals surface area contributed by atoms with Gasteiger partial charge in [0.2, 0.25) is 11.8 Å². The summed E-state index contributed by atoms with van der Waals surface area (Å²) in [5.74, 6) is 1.05. The van der Waals surface area contributed by atoms with Crippen molar-refractivity contribution in [2.24, 2.45) is 17.6 Å². The summed E-state index contributed by atoms with van der Waals surface area (Å²) in [5.41, 5.74) is 5.61. The molecule has 1 aliphatic heterocycles. The lowest BCUT2D eigenvalue weighted by Gasteiger charge is -2.44. The minimum Gasteiger partial charge on any atom is -0.353 e. The Morgan fingerprint density at radius 1 is 1.16 bits per heavy atom. The highest BCUT2D eigenvalue weighted by molar-refractivity contribution is 7.09. The molecule has 2 heterocycles. The average Bonchev–Trinajstić information content (AvgIpc) is 3.53. The number of carbonyl (C=O) groups excluding carboxylic acids is 2. The van der Waals surface area contributed by atoms with E-state index in [1.54, 1.807) is 0 Å². The highest BCUT2D eigenvalue weighted by Crippen LogP contribution is 2.35. The van der Waals surface area contributed by atoms with Gasteiger partial charge in [-0.3, -0.25) is 14.5 Å². The first kappa shape index (κ1) is 22.7. The number of nitrogens with two attached hydrogens (primary N) is 1. The lowest BCUT2D eigenvalue weighted by molar-refractivity contribution is -0.144. The summed E-state index contributed by atoms with van der Waals surface area (Å²) >= 11 is 1.81. The Morgan fingerprint density at radius 2 is 1.97 bits per heavy atom. The molecular formula is C24H38N4O2S. The maximum absolute atomic E-state index is 13.0. The van der Waals surface area contributed by atoms with Gasteiger partial charge >= 0.3 is 0 Å². The van der Waals surface area contributed by atoms with Crippen LogP contribution in [0.4, 0.5) is 0 Å². The summed E-state index contributed by atoms with van der Waals surface area (Å²) in [6.45, 7) is 3.63. The Hall–Kier alpha value is -1.44. The van der Waals surface area contributed by atoms with Gasteiger partial charge in [-0.05, 0) is 55.9 Å². The summed E-state index contributed by atoms with van der Waals surface area (Å²) in [4.78, 5) is 31.8. The van der Waals surface area contributed by atoms with Crippen LogP contribution in [0.25, 0.3) is 0 Å². The van der Waals surface area contributed by atoms with E-state index in [1.807, 2.05) is 16.2 Å². The van der Waals surface area contributed by atoms with Crippen LogP contribution in [0.3, 0.4) is 0 Å². The quantitative estimate of drug-likeness (QED) is 0.611. The maximum atomic E-state index is 13.0. The van der Waals surface area contributed by atoms with Crippen LogP contribution in [-0.4, -0.2) is 59.9 Å². The zero-order chi connectivity index (χ0) is 21.6. The van der Waals surface area contributed by atoms with Crippen LogP contribution in [0.2, 0.25) is 0 Å². The highest BCUT2D eigenvalue weighted by Gasteiger charge is 2.43. The molecule has 7 heteroatoms. The molecule has 6 nitrogen and oxygen atoms in total. The Balaban J connectivity index is 1.48. The van der Waals surface area contributed by atoms with Gasteiger partial charge < -0.3 is 16.0 Å². The minimum absolute atomic E-state index is 0.0297. The number of hydrogen-bond acceptors (Lipinski definition) is 5. The molecule has 1 saturated heterocycles. The number of rotatable bonds is 9. The molecule has 2 atom stereocenters. The van der Waals surface area contributed by atoms with Crippen LogP contribution in [0.1, 0.15) is 62.7 Å². The smallest absolute Gasteiger partial charge is 0.242 e. The van der Waals surface area contributed by atoms with Crippen molar-refractivity contribution < 1.29 is 9.59 Å². The number of hydrogen-bond donors (Lipinski definition) is 2. The number of thiophene rings is 1. The van der Waals surface area contributed by atoms with Gasteiger partial charge in [-0.15, -0.1) is 11.3 Å². The molecule has 31 heavy (non-hydrogen) atoms. The monoisotopic (exact) mass is 446 g/mol. The van der Waals surface area contributed by atoms with Gasteiger partial charge in [0, 0.05) is 49.6 Å². The first-order valence-electron chi connectivity index (χ1n) is 12.2. The van der Waals surface area contributed by atoms with Crippen molar-refractivity contribution in [2.45, 2.75) is 76.4 Å². The van der Waals surface area contributed by atoms with Gasteiger partial charge in [0.25, 0.3) is 0 Å². The van der Waals surface area contributed by atoms with Crippen molar-refractivity contribution in [3.8, 4) is 0 Å². The van der Waals surface area contributed by atoms with E-state index in [4.69, 9.17) is 5.73 Å². The molecule has 2 aliphatic carbocycles. The average molecular weight is 447 g/mol. The molecule has 0 spiro atoms. The molecule has 0 aromatic carbocycles. The molecular weight excluding hydrogens is 408 g/mol. The summed E-state index contributed by atoms with van der Waals surface area (Å²) in [7, 11) is 0. The fraction of sp³-hybridized carbons (Fsp3) is 0.750. The van der Waals surface area contributed by atoms with E-state index in [2.05, 4.69) is 27.7 Å². The van der Waals surface area contributed by atoms with E-state index in [1.165, 1.54) is 37.0 Å². The largest absolute Gasteiger partial charge is 0.353 e. The Morgan fingerprint density at radius 3 is 2.65 bits per heavy atom. The fourth-order valence-corrected chi connectivity index (χ4v) is 6.04. The summed E-state index contributed by atoms with van der Waals surface area (Å²) in [6, 6.07) is 4.31. The third-order valence-corrected chi connectivity index (χ3v) is 8.06. The van der Waals surface area contributed by atoms with Crippen molar-refractivity contribution in [3.05, 3.63) is 22.4 Å². The van der Waals surface area contributed by atoms with E-state index in [9.17, 15) is 9.59 Å². The predicted molar refractivity (Wildman–Crippen MR) is 125 cm³/mol. The van der Waals surface area contributed by atoms with Crippen molar-refractivity contribution in [1.29, 1.82) is 0 Å². The van der Waals surface area contributed by atoms with Gasteiger partial charge in [0.1, 0.15) is 6.04 Å². The number of nitrogens with one attached hydrogen (secondary N) is 1. The topological polar surface area (TPSA) is 78.7 Å². The van der Waals surface area contributed by atoms with Crippen LogP contribution in [0, 0.1) is 11.8 Å². The zero-order valence-corrected chi connectivity index (χ0v) is 19.5. The molecule has 0 bridgehead atoms. The number of amides is 2. The molecule has 1 unspecified atom stereocenters. The molecule has 3 N–H and O–H groups in total. The zero-order valence-electron chi connectivity index (χ0n) is 18.6. The van der Waals surface area contributed by atoms with E-state index < -0.39 is 0 Å². The van der Waals surface area contributed by atoms with Gasteiger partial charge in [0.05, 0.1) is 0 Å². The minimum atomic E-state index is -0.365. The number of nitrogens with zero attached hydrogens (tertiary/aromatic N) is 2. The molecule has 4 rings (SSSR count). The van der Waals surface area contributed by atoms with Crippen LogP contribution >= 0.6 is 11.3 Å². The van der Waals surface area contributed by atoms with E-state index in [-0.39, 0.29) is 23.8 Å². The van der Waals surface area contributed by atoms with Crippen LogP contribution in [0.5, 0.6) is 0 Å². The SMILES string of the molecule is NCCNC(=O)[C@H]1CC(N(Cc2cccs2)CC2CCCCC2)CCN1C(=O)C1CC1. The lowest BCUT2D eigenvalue weighted by atomic mass is 9.87. The van der Waals surface area contributed by atoms with Gasteiger partial charge in [-0.25, -0.2) is 0 Å². The molecule has 1 aromatic rings. The molecule has 1 aromatic heterocycles. The molecule has 2 amide bonds.